The molecule has 1 aliphatic rings. The third-order valence-corrected chi connectivity index (χ3v) is 4.38. The van der Waals surface area contributed by atoms with Gasteiger partial charge in [0.25, 0.3) is 5.91 Å². The highest BCUT2D eigenvalue weighted by atomic mass is 16.5. The molecule has 6 nitrogen and oxygen atoms in total. The van der Waals surface area contributed by atoms with Crippen molar-refractivity contribution in [3.63, 3.8) is 0 Å². The third-order valence-electron chi connectivity index (χ3n) is 4.38. The number of benzene rings is 1. The molecular formula is C19H18N4O2. The van der Waals surface area contributed by atoms with Crippen LogP contribution >= 0.6 is 0 Å². The van der Waals surface area contributed by atoms with Crippen LogP contribution in [0.25, 0.3) is 11.3 Å². The van der Waals surface area contributed by atoms with Crippen LogP contribution in [0.2, 0.25) is 0 Å². The maximum atomic E-state index is 12.6. The van der Waals surface area contributed by atoms with E-state index in [0.717, 1.165) is 22.7 Å². The summed E-state index contributed by atoms with van der Waals surface area (Å²) in [5, 5.41) is 4.68. The molecule has 0 radical (unpaired) electrons. The number of carbonyl (C=O) groups excluding carboxylic acids is 1. The van der Waals surface area contributed by atoms with Gasteiger partial charge >= 0.3 is 0 Å². The van der Waals surface area contributed by atoms with Crippen LogP contribution in [0.5, 0.6) is 5.75 Å². The number of aromatic nitrogens is 3. The molecule has 0 spiro atoms. The summed E-state index contributed by atoms with van der Waals surface area (Å²) >= 11 is 0. The number of pyridine rings is 1. The highest BCUT2D eigenvalue weighted by molar-refractivity contribution is 5.93. The summed E-state index contributed by atoms with van der Waals surface area (Å²) in [5.41, 5.74) is 3.45. The Morgan fingerprint density at radius 1 is 1.16 bits per heavy atom. The van der Waals surface area contributed by atoms with E-state index < -0.39 is 0 Å². The van der Waals surface area contributed by atoms with Gasteiger partial charge in [0.05, 0.1) is 37.2 Å². The maximum absolute atomic E-state index is 12.6. The van der Waals surface area contributed by atoms with E-state index in [1.54, 1.807) is 31.6 Å². The Labute approximate surface area is 145 Å². The Bertz CT molecular complexity index is 905. The first-order valence-electron chi connectivity index (χ1n) is 8.15. The predicted octanol–water partition coefficient (Wildman–Crippen LogP) is 2.61. The second-order valence-electron chi connectivity index (χ2n) is 5.91. The van der Waals surface area contributed by atoms with E-state index in [0.29, 0.717) is 25.2 Å². The molecule has 3 aromatic rings. The Morgan fingerprint density at radius 2 is 2.04 bits per heavy atom. The van der Waals surface area contributed by atoms with Gasteiger partial charge in [0.15, 0.2) is 0 Å². The highest BCUT2D eigenvalue weighted by Gasteiger charge is 2.24. The quantitative estimate of drug-likeness (QED) is 0.739. The molecule has 0 saturated carbocycles. The summed E-state index contributed by atoms with van der Waals surface area (Å²) in [6.45, 7) is 1.85. The Kier molecular flexibility index (Phi) is 3.93. The topological polar surface area (TPSA) is 60.2 Å². The predicted molar refractivity (Wildman–Crippen MR) is 93.2 cm³/mol. The van der Waals surface area contributed by atoms with Crippen LogP contribution in [0.15, 0.2) is 54.9 Å². The lowest BCUT2D eigenvalue weighted by atomic mass is 10.1. The van der Waals surface area contributed by atoms with Crippen LogP contribution in [0.4, 0.5) is 0 Å². The fourth-order valence-electron chi connectivity index (χ4n) is 3.10. The maximum Gasteiger partial charge on any atom is 0.255 e. The summed E-state index contributed by atoms with van der Waals surface area (Å²) in [6.07, 6.45) is 3.27. The summed E-state index contributed by atoms with van der Waals surface area (Å²) in [7, 11) is 1.66. The van der Waals surface area contributed by atoms with Crippen LogP contribution in [-0.2, 0) is 13.1 Å². The lowest BCUT2D eigenvalue weighted by Gasteiger charge is -2.27. The second kappa shape index (κ2) is 6.39. The van der Waals surface area contributed by atoms with Crippen molar-refractivity contribution < 1.29 is 9.53 Å². The van der Waals surface area contributed by atoms with E-state index in [1.165, 1.54) is 0 Å². The van der Waals surface area contributed by atoms with E-state index >= 15 is 0 Å². The molecule has 2 aromatic heterocycles. The van der Waals surface area contributed by atoms with E-state index in [1.807, 2.05) is 39.9 Å². The molecule has 4 rings (SSSR count). The van der Waals surface area contributed by atoms with Gasteiger partial charge in [-0.2, -0.15) is 5.10 Å². The normalized spacial score (nSPS) is 13.4. The fourth-order valence-corrected chi connectivity index (χ4v) is 3.10. The Morgan fingerprint density at radius 3 is 2.84 bits per heavy atom. The minimum absolute atomic E-state index is 0.000563. The molecule has 3 heterocycles. The number of ether oxygens (including phenoxy) is 1. The lowest BCUT2D eigenvalue weighted by molar-refractivity contribution is 0.0705. The molecule has 1 aromatic carbocycles. The van der Waals surface area contributed by atoms with Gasteiger partial charge in [0, 0.05) is 24.5 Å². The number of fused-ring (bicyclic) bond motifs is 1. The van der Waals surface area contributed by atoms with Crippen LogP contribution in [0, 0.1) is 0 Å². The van der Waals surface area contributed by atoms with Gasteiger partial charge in [-0.15, -0.1) is 0 Å². The molecular weight excluding hydrogens is 316 g/mol. The van der Waals surface area contributed by atoms with Gasteiger partial charge in [0.1, 0.15) is 5.75 Å². The summed E-state index contributed by atoms with van der Waals surface area (Å²) in [5.74, 6) is 0.792. The zero-order valence-electron chi connectivity index (χ0n) is 13.9. The van der Waals surface area contributed by atoms with Crippen molar-refractivity contribution >= 4 is 5.91 Å². The number of methoxy groups -OCH3 is 1. The van der Waals surface area contributed by atoms with Crippen molar-refractivity contribution in [2.45, 2.75) is 13.1 Å². The number of carbonyl (C=O) groups is 1. The number of para-hydroxylation sites is 1. The molecule has 25 heavy (non-hydrogen) atoms. The average molecular weight is 334 g/mol. The molecule has 1 aliphatic heterocycles. The van der Waals surface area contributed by atoms with E-state index in [9.17, 15) is 4.79 Å². The molecule has 0 fully saturated rings. The number of amides is 1. The molecule has 0 bridgehead atoms. The van der Waals surface area contributed by atoms with Crippen LogP contribution in [0.1, 0.15) is 16.1 Å². The molecule has 0 N–H and O–H groups in total. The smallest absolute Gasteiger partial charge is 0.255 e. The highest BCUT2D eigenvalue weighted by Crippen LogP contribution is 2.30. The van der Waals surface area contributed by atoms with Crippen molar-refractivity contribution in [3.05, 3.63) is 66.1 Å². The van der Waals surface area contributed by atoms with Crippen molar-refractivity contribution in [1.82, 2.24) is 19.7 Å². The van der Waals surface area contributed by atoms with Crippen molar-refractivity contribution in [2.75, 3.05) is 13.7 Å². The third kappa shape index (κ3) is 2.87. The van der Waals surface area contributed by atoms with Crippen LogP contribution in [-0.4, -0.2) is 39.2 Å². The number of hydrogen-bond donors (Lipinski definition) is 0. The molecule has 126 valence electrons. The lowest BCUT2D eigenvalue weighted by Crippen LogP contribution is -2.38. The molecule has 0 atom stereocenters. The largest absolute Gasteiger partial charge is 0.496 e. The minimum Gasteiger partial charge on any atom is -0.496 e. The first-order valence-corrected chi connectivity index (χ1v) is 8.15. The molecule has 0 aliphatic carbocycles. The second-order valence-corrected chi connectivity index (χ2v) is 5.91. The fraction of sp³-hybridized carbons (Fsp3) is 0.211. The number of rotatable bonds is 3. The zero-order valence-corrected chi connectivity index (χ0v) is 13.9. The van der Waals surface area contributed by atoms with Crippen LogP contribution < -0.4 is 4.74 Å². The Hall–Kier alpha value is -3.15. The van der Waals surface area contributed by atoms with Gasteiger partial charge in [-0.1, -0.05) is 12.1 Å². The van der Waals surface area contributed by atoms with Gasteiger partial charge in [-0.3, -0.25) is 14.5 Å². The first-order chi connectivity index (χ1) is 12.3. The molecule has 6 heteroatoms. The van der Waals surface area contributed by atoms with E-state index in [4.69, 9.17) is 4.74 Å². The summed E-state index contributed by atoms with van der Waals surface area (Å²) in [6, 6.07) is 13.4. The summed E-state index contributed by atoms with van der Waals surface area (Å²) in [4.78, 5) is 18.5. The SMILES string of the molecule is COc1ccccc1-c1cc2n(n1)CCN(C(=O)c1cccnc1)C2. The van der Waals surface area contributed by atoms with Crippen molar-refractivity contribution in [2.24, 2.45) is 0 Å². The van der Waals surface area contributed by atoms with Crippen molar-refractivity contribution in [1.29, 1.82) is 0 Å². The van der Waals surface area contributed by atoms with E-state index in [-0.39, 0.29) is 5.91 Å². The Balaban J connectivity index is 1.60. The number of hydrogen-bond acceptors (Lipinski definition) is 4. The zero-order chi connectivity index (χ0) is 17.2. The molecule has 0 unspecified atom stereocenters. The van der Waals surface area contributed by atoms with Gasteiger partial charge in [-0.25, -0.2) is 0 Å². The average Bonchev–Trinajstić information content (AvgIpc) is 3.11. The van der Waals surface area contributed by atoms with Crippen LogP contribution in [0.3, 0.4) is 0 Å². The summed E-state index contributed by atoms with van der Waals surface area (Å²) < 4.78 is 7.40. The minimum atomic E-state index is -0.000563. The van der Waals surface area contributed by atoms with E-state index in [2.05, 4.69) is 10.1 Å². The first kappa shape index (κ1) is 15.4. The van der Waals surface area contributed by atoms with Gasteiger partial charge in [0.2, 0.25) is 0 Å². The van der Waals surface area contributed by atoms with Crippen molar-refractivity contribution in [3.8, 4) is 17.0 Å². The standard InChI is InChI=1S/C19H18N4O2/c1-25-18-7-3-2-6-16(18)17-11-15-13-22(9-10-23(15)21-17)19(24)14-5-4-8-20-12-14/h2-8,11-12H,9-10,13H2,1H3. The van der Waals surface area contributed by atoms with Gasteiger partial charge < -0.3 is 9.64 Å². The molecule has 1 amide bonds. The van der Waals surface area contributed by atoms with Gasteiger partial charge in [-0.05, 0) is 30.3 Å². The number of nitrogens with zero attached hydrogens (tertiary/aromatic N) is 4. The molecule has 0 saturated heterocycles. The monoisotopic (exact) mass is 334 g/mol.